The van der Waals surface area contributed by atoms with Crippen LogP contribution in [0.4, 0.5) is 22.7 Å². The third-order valence-electron chi connectivity index (χ3n) is 10.4. The Morgan fingerprint density at radius 2 is 0.562 bits per heavy atom. The van der Waals surface area contributed by atoms with Gasteiger partial charge in [0.15, 0.2) is 0 Å². The van der Waals surface area contributed by atoms with Gasteiger partial charge >= 0.3 is 0 Å². The Bertz CT molecular complexity index is 2440. The quantitative estimate of drug-likeness (QED) is 0.110. The van der Waals surface area contributed by atoms with Crippen LogP contribution in [0.5, 0.6) is 23.0 Å². The van der Waals surface area contributed by atoms with Gasteiger partial charge in [0.05, 0.1) is 22.3 Å². The number of carbonyl (C=O) groups is 4. The molecule has 4 aliphatic rings. The summed E-state index contributed by atoms with van der Waals surface area (Å²) in [4.78, 5) is 54.8. The number of nitrogens with one attached hydrogen (secondary N) is 4. The number of rotatable bonds is 0. The lowest BCUT2D eigenvalue weighted by Gasteiger charge is -2.18. The van der Waals surface area contributed by atoms with E-state index in [4.69, 9.17) is 18.9 Å². The zero-order valence-corrected chi connectivity index (χ0v) is 36.1. The molecule has 0 radical (unpaired) electrons. The van der Waals surface area contributed by atoms with Gasteiger partial charge in [-0.1, -0.05) is 61.7 Å². The van der Waals surface area contributed by atoms with E-state index in [0.717, 1.165) is 0 Å². The minimum absolute atomic E-state index is 0.0358. The van der Waals surface area contributed by atoms with E-state index in [1.807, 2.05) is 27.7 Å². The van der Waals surface area contributed by atoms with E-state index in [0.29, 0.717) is 101 Å². The molecule has 6 aromatic carbocycles. The largest absolute Gasteiger partial charge is 0.488 e. The van der Waals surface area contributed by atoms with Crippen molar-refractivity contribution >= 4 is 46.4 Å². The Kier molecular flexibility index (Phi) is 13.5. The number of hydrogen-bond acceptors (Lipinski definition) is 8. The van der Waals surface area contributed by atoms with Crippen molar-refractivity contribution in [3.63, 3.8) is 0 Å². The lowest BCUT2D eigenvalue weighted by Crippen LogP contribution is -2.18. The van der Waals surface area contributed by atoms with E-state index in [1.165, 1.54) is 0 Å². The van der Waals surface area contributed by atoms with E-state index in [-0.39, 0.29) is 50.1 Å². The van der Waals surface area contributed by atoms with Crippen LogP contribution in [0.1, 0.15) is 63.7 Å². The number of hydrogen-bond donors (Lipinski definition) is 4. The molecule has 10 rings (SSSR count). The predicted molar refractivity (Wildman–Crippen MR) is 250 cm³/mol. The van der Waals surface area contributed by atoms with Crippen LogP contribution in [0.25, 0.3) is 0 Å². The third kappa shape index (κ3) is 10.5. The van der Waals surface area contributed by atoms with E-state index in [1.54, 1.807) is 121 Å². The first-order valence-electron chi connectivity index (χ1n) is 20.5. The van der Waals surface area contributed by atoms with Crippen molar-refractivity contribution in [2.24, 2.45) is 0 Å². The fraction of sp³-hybridized carbons (Fsp3) is 0.154. The number of para-hydroxylation sites is 4. The highest BCUT2D eigenvalue weighted by molar-refractivity contribution is 6.10. The number of benzene rings is 6. The van der Waals surface area contributed by atoms with Gasteiger partial charge < -0.3 is 40.2 Å². The highest BCUT2D eigenvalue weighted by Crippen LogP contribution is 2.31. The lowest BCUT2D eigenvalue weighted by molar-refractivity contribution is 0.101. The van der Waals surface area contributed by atoms with Gasteiger partial charge in [-0.15, -0.1) is 0 Å². The summed E-state index contributed by atoms with van der Waals surface area (Å²) in [7, 11) is 0. The van der Waals surface area contributed by atoms with Gasteiger partial charge in [-0.25, -0.2) is 0 Å². The van der Waals surface area contributed by atoms with Gasteiger partial charge in [0.2, 0.25) is 0 Å². The van der Waals surface area contributed by atoms with Gasteiger partial charge in [0.25, 0.3) is 23.6 Å². The number of aryl methyl sites for hydroxylation is 4. The molecular formula is C52H48N4O8. The van der Waals surface area contributed by atoms with Crippen molar-refractivity contribution in [2.45, 2.75) is 27.7 Å². The van der Waals surface area contributed by atoms with Gasteiger partial charge in [0.1, 0.15) is 49.4 Å². The molecule has 6 aromatic rings. The predicted octanol–water partition coefficient (Wildman–Crippen LogP) is 10.3. The molecule has 0 aromatic heterocycles. The topological polar surface area (TPSA) is 153 Å². The van der Waals surface area contributed by atoms with Crippen LogP contribution in [0, 0.1) is 27.7 Å². The zero-order chi connectivity index (χ0) is 45.3. The van der Waals surface area contributed by atoms with Crippen LogP contribution in [0.15, 0.2) is 146 Å². The van der Waals surface area contributed by atoms with Crippen LogP contribution >= 0.6 is 0 Å². The van der Waals surface area contributed by atoms with Crippen molar-refractivity contribution in [3.8, 4) is 23.0 Å². The van der Waals surface area contributed by atoms with Crippen LogP contribution in [-0.2, 0) is 0 Å². The van der Waals surface area contributed by atoms with E-state index < -0.39 is 0 Å². The maximum absolute atomic E-state index is 13.7. The zero-order valence-electron chi connectivity index (χ0n) is 36.1. The average molecular weight is 857 g/mol. The summed E-state index contributed by atoms with van der Waals surface area (Å²) >= 11 is 0. The number of ether oxygens (including phenoxy) is 4. The molecule has 0 unspecified atom stereocenters. The van der Waals surface area contributed by atoms with Crippen LogP contribution in [0.2, 0.25) is 0 Å². The Morgan fingerprint density at radius 1 is 0.359 bits per heavy atom. The highest BCUT2D eigenvalue weighted by Gasteiger charge is 2.20. The molecular weight excluding hydrogens is 809 g/mol. The van der Waals surface area contributed by atoms with Crippen molar-refractivity contribution in [1.82, 2.24) is 0 Å². The summed E-state index contributed by atoms with van der Waals surface area (Å²) in [6.45, 7) is 15.7. The normalized spacial score (nSPS) is 14.2. The Hall–Kier alpha value is -8.12. The monoisotopic (exact) mass is 856 g/mol. The number of amides is 4. The van der Waals surface area contributed by atoms with E-state index in [9.17, 15) is 19.2 Å². The van der Waals surface area contributed by atoms with Gasteiger partial charge in [0, 0.05) is 22.7 Å². The molecule has 4 aliphatic heterocycles. The van der Waals surface area contributed by atoms with Crippen molar-refractivity contribution in [2.75, 3.05) is 47.7 Å². The first kappa shape index (κ1) is 44.0. The molecule has 4 heterocycles. The Labute approximate surface area is 371 Å². The van der Waals surface area contributed by atoms with Crippen molar-refractivity contribution < 1.29 is 38.1 Å². The molecule has 0 spiro atoms. The fourth-order valence-electron chi connectivity index (χ4n) is 6.85. The molecule has 0 aliphatic carbocycles. The van der Waals surface area contributed by atoms with Crippen molar-refractivity contribution in [3.05, 3.63) is 190 Å². The molecule has 4 amide bonds. The fourth-order valence-corrected chi connectivity index (χ4v) is 6.85. The third-order valence-corrected chi connectivity index (χ3v) is 10.4. The molecule has 0 fully saturated rings. The molecule has 64 heavy (non-hydrogen) atoms. The second-order valence-corrected chi connectivity index (χ2v) is 15.4. The second kappa shape index (κ2) is 19.7. The van der Waals surface area contributed by atoms with Gasteiger partial charge in [-0.05, 0) is 134 Å². The number of anilines is 4. The summed E-state index contributed by atoms with van der Waals surface area (Å²) in [5, 5.41) is 12.0. The van der Waals surface area contributed by atoms with Gasteiger partial charge in [-0.2, -0.15) is 0 Å². The second-order valence-electron chi connectivity index (χ2n) is 15.4. The van der Waals surface area contributed by atoms with E-state index >= 15 is 0 Å². The summed E-state index contributed by atoms with van der Waals surface area (Å²) in [5.41, 5.74) is 7.44. The molecule has 0 saturated heterocycles. The first-order chi connectivity index (χ1) is 30.8. The van der Waals surface area contributed by atoms with Gasteiger partial charge in [-0.3, -0.25) is 19.2 Å². The molecule has 12 nitrogen and oxygen atoms in total. The minimum atomic E-state index is -0.388. The molecule has 324 valence electrons. The summed E-state index contributed by atoms with van der Waals surface area (Å²) in [6, 6.07) is 34.7. The molecule has 0 saturated carbocycles. The summed E-state index contributed by atoms with van der Waals surface area (Å²) in [5.74, 6) is -0.184. The standard InChI is InChI=1S/C52H48N4O8/c1-31-27-61-45-19-11-7-15-37(45)49(57)53-41-23-35(5)43(25-33(41)3)55-51(59)39-17-9-13-21-47(39)63-29-32(2)30-64-48-22-14-10-18-40(48)52(60)56-44-26-34(4)42(24-36(44)6)54-50(58)38-16-8-12-20-46(38)62-28-31/h7-26H,1-2,27-30H2,3-6H3,(H,53,57)(H,54,58)(H,55,59)(H,56,60). The Morgan fingerprint density at radius 3 is 0.781 bits per heavy atom. The summed E-state index contributed by atoms with van der Waals surface area (Å²) < 4.78 is 24.3. The highest BCUT2D eigenvalue weighted by atomic mass is 16.5. The number of carbonyl (C=O) groups excluding carboxylic acids is 4. The minimum Gasteiger partial charge on any atom is -0.488 e. The first-order valence-corrected chi connectivity index (χ1v) is 20.5. The van der Waals surface area contributed by atoms with Crippen molar-refractivity contribution in [1.29, 1.82) is 0 Å². The lowest BCUT2D eigenvalue weighted by atomic mass is 10.1. The maximum atomic E-state index is 13.7. The molecule has 4 bridgehead atoms. The maximum Gasteiger partial charge on any atom is 0.259 e. The smallest absolute Gasteiger partial charge is 0.259 e. The van der Waals surface area contributed by atoms with E-state index in [2.05, 4.69) is 34.4 Å². The summed E-state index contributed by atoms with van der Waals surface area (Å²) in [6.07, 6.45) is 0. The average Bonchev–Trinajstić information content (AvgIpc) is 3.29. The molecule has 0 atom stereocenters. The Balaban J connectivity index is 1.16. The van der Waals surface area contributed by atoms with Crippen LogP contribution in [-0.4, -0.2) is 50.1 Å². The molecule has 12 heteroatoms. The molecule has 4 N–H and O–H groups in total. The SMILES string of the molecule is C=C1COc2ccccc2C(=O)Nc2cc(C)c(cc2C)NC(=O)c2ccccc2OCC(=C)COc2ccccc2C(=O)Nc2cc(C)c(cc2C)NC(=O)c2ccccc2OC1. The van der Waals surface area contributed by atoms with Crippen LogP contribution in [0.3, 0.4) is 0 Å². The van der Waals surface area contributed by atoms with Crippen LogP contribution < -0.4 is 40.2 Å².